The normalized spacial score (nSPS) is 12.0. The maximum absolute atomic E-state index is 4.22. The van der Waals surface area contributed by atoms with Crippen molar-refractivity contribution in [2.24, 2.45) is 0 Å². The fourth-order valence-electron chi connectivity index (χ4n) is 6.17. The Morgan fingerprint density at radius 2 is 0.604 bits per heavy atom. The molecule has 0 aliphatic rings. The predicted molar refractivity (Wildman–Crippen MR) is 196 cm³/mol. The van der Waals surface area contributed by atoms with Crippen LogP contribution in [0, 0.1) is 0 Å². The average molecular weight is 621 g/mol. The van der Waals surface area contributed by atoms with Crippen LogP contribution >= 0.6 is 0 Å². The molecule has 0 bridgehead atoms. The van der Waals surface area contributed by atoms with E-state index in [2.05, 4.69) is 165 Å². The third kappa shape index (κ3) is 7.09. The maximum atomic E-state index is 4.22. The van der Waals surface area contributed by atoms with E-state index in [0.29, 0.717) is 0 Å². The molecule has 232 valence electrons. The van der Waals surface area contributed by atoms with E-state index in [1.165, 1.54) is 44.5 Å². The Morgan fingerprint density at radius 3 is 0.917 bits per heavy atom. The summed E-state index contributed by atoms with van der Waals surface area (Å²) < 4.78 is 4.29. The Hall–Kier alpha value is -6.26. The second-order valence-corrected chi connectivity index (χ2v) is 11.6. The first-order valence-corrected chi connectivity index (χ1v) is 16.2. The maximum Gasteiger partial charge on any atom is 0.0954 e. The highest BCUT2D eigenvalue weighted by molar-refractivity contribution is 5.64. The minimum Gasteiger partial charge on any atom is -0.326 e. The number of rotatable bonds is 8. The van der Waals surface area contributed by atoms with Gasteiger partial charge in [-0.25, -0.2) is 9.97 Å². The summed E-state index contributed by atoms with van der Waals surface area (Å²) in [6.07, 6.45) is 11.4. The highest BCUT2D eigenvalue weighted by Crippen LogP contribution is 2.30. The van der Waals surface area contributed by atoms with Crippen LogP contribution in [-0.4, -0.2) is 19.1 Å². The molecule has 0 N–H and O–H groups in total. The van der Waals surface area contributed by atoms with Crippen molar-refractivity contribution in [3.63, 3.8) is 0 Å². The average Bonchev–Trinajstić information content (AvgIpc) is 3.91. The summed E-state index contributed by atoms with van der Waals surface area (Å²) in [5, 5.41) is 0. The highest BCUT2D eigenvalue weighted by Gasteiger charge is 2.17. The second kappa shape index (κ2) is 14.9. The van der Waals surface area contributed by atoms with E-state index in [-0.39, 0.29) is 12.1 Å². The molecular formula is C44H36N4. The van der Waals surface area contributed by atoms with Crippen LogP contribution in [0.3, 0.4) is 0 Å². The Kier molecular flexibility index (Phi) is 9.43. The molecule has 2 atom stereocenters. The molecule has 4 nitrogen and oxygen atoms in total. The third-order valence-corrected chi connectivity index (χ3v) is 8.54. The van der Waals surface area contributed by atoms with E-state index in [1.54, 1.807) is 0 Å². The fraction of sp³-hybridized carbons (Fsp3) is 0.0455. The van der Waals surface area contributed by atoms with E-state index >= 15 is 0 Å². The summed E-state index contributed by atoms with van der Waals surface area (Å²) in [5.74, 6) is 0. The predicted octanol–water partition coefficient (Wildman–Crippen LogP) is 10.4. The lowest BCUT2D eigenvalue weighted by Crippen LogP contribution is -2.10. The zero-order valence-corrected chi connectivity index (χ0v) is 26.6. The Bertz CT molecular complexity index is 1920. The van der Waals surface area contributed by atoms with Crippen molar-refractivity contribution in [2.45, 2.75) is 12.1 Å². The lowest BCUT2D eigenvalue weighted by Gasteiger charge is -2.20. The number of aromatic nitrogens is 4. The van der Waals surface area contributed by atoms with Gasteiger partial charge in [0.2, 0.25) is 0 Å². The molecular weight excluding hydrogens is 585 g/mol. The van der Waals surface area contributed by atoms with E-state index in [0.717, 1.165) is 0 Å². The largest absolute Gasteiger partial charge is 0.326 e. The first kappa shape index (κ1) is 30.4. The number of benzene rings is 6. The van der Waals surface area contributed by atoms with Crippen molar-refractivity contribution in [1.82, 2.24) is 19.1 Å². The Labute approximate surface area is 282 Å². The topological polar surface area (TPSA) is 35.6 Å². The molecule has 48 heavy (non-hydrogen) atoms. The summed E-state index contributed by atoms with van der Waals surface area (Å²) in [5.41, 5.74) is 9.95. The SMILES string of the molecule is c1ccc(-c2ccc([C@@H](c3ccccc3)n3ccnc3)cc2)cc1.c1ccc(-c2ccc([C@H](c3ccccc3)n3ccnc3)cc2)cc1. The van der Waals surface area contributed by atoms with E-state index < -0.39 is 0 Å². The molecule has 0 fully saturated rings. The first-order valence-electron chi connectivity index (χ1n) is 16.2. The Morgan fingerprint density at radius 1 is 0.312 bits per heavy atom. The molecule has 8 rings (SSSR count). The van der Waals surface area contributed by atoms with Crippen LogP contribution in [0.2, 0.25) is 0 Å². The number of imidazole rings is 2. The van der Waals surface area contributed by atoms with Gasteiger partial charge < -0.3 is 9.13 Å². The third-order valence-electron chi connectivity index (χ3n) is 8.54. The number of nitrogens with zero attached hydrogens (tertiary/aromatic N) is 4. The van der Waals surface area contributed by atoms with Crippen LogP contribution in [0.1, 0.15) is 34.3 Å². The Balaban J connectivity index is 0.000000152. The lowest BCUT2D eigenvalue weighted by molar-refractivity contribution is 0.677. The summed E-state index contributed by atoms with van der Waals surface area (Å²) >= 11 is 0. The van der Waals surface area contributed by atoms with Crippen LogP contribution < -0.4 is 0 Å². The van der Waals surface area contributed by atoms with Crippen LogP contribution in [0.5, 0.6) is 0 Å². The van der Waals surface area contributed by atoms with Crippen molar-refractivity contribution >= 4 is 0 Å². The summed E-state index contributed by atoms with van der Waals surface area (Å²) in [6, 6.07) is 59.9. The van der Waals surface area contributed by atoms with Crippen molar-refractivity contribution < 1.29 is 0 Å². The van der Waals surface area contributed by atoms with Gasteiger partial charge in [0.15, 0.2) is 0 Å². The molecule has 0 amide bonds. The fourth-order valence-corrected chi connectivity index (χ4v) is 6.17. The van der Waals surface area contributed by atoms with E-state index in [1.807, 2.05) is 61.7 Å². The van der Waals surface area contributed by atoms with Gasteiger partial charge in [-0.05, 0) is 44.5 Å². The summed E-state index contributed by atoms with van der Waals surface area (Å²) in [4.78, 5) is 8.44. The highest BCUT2D eigenvalue weighted by atomic mass is 15.1. The second-order valence-electron chi connectivity index (χ2n) is 11.6. The monoisotopic (exact) mass is 620 g/mol. The van der Waals surface area contributed by atoms with Gasteiger partial charge in [-0.2, -0.15) is 0 Å². The van der Waals surface area contributed by atoms with E-state index in [9.17, 15) is 0 Å². The van der Waals surface area contributed by atoms with Crippen molar-refractivity contribution in [3.8, 4) is 22.3 Å². The minimum absolute atomic E-state index is 0.138. The molecule has 0 saturated heterocycles. The van der Waals surface area contributed by atoms with Crippen molar-refractivity contribution in [3.05, 3.63) is 230 Å². The molecule has 0 radical (unpaired) electrons. The van der Waals surface area contributed by atoms with Crippen LogP contribution in [0.15, 0.2) is 207 Å². The first-order chi connectivity index (χ1) is 23.8. The molecule has 0 spiro atoms. The molecule has 2 aromatic heterocycles. The zero-order valence-electron chi connectivity index (χ0n) is 26.6. The quantitative estimate of drug-likeness (QED) is 0.169. The molecule has 0 saturated carbocycles. The van der Waals surface area contributed by atoms with Gasteiger partial charge in [-0.1, -0.05) is 170 Å². The van der Waals surface area contributed by atoms with Crippen molar-refractivity contribution in [2.75, 3.05) is 0 Å². The van der Waals surface area contributed by atoms with Crippen LogP contribution in [0.25, 0.3) is 22.3 Å². The molecule has 0 aliphatic heterocycles. The number of hydrogen-bond acceptors (Lipinski definition) is 2. The smallest absolute Gasteiger partial charge is 0.0954 e. The molecule has 2 heterocycles. The van der Waals surface area contributed by atoms with Gasteiger partial charge in [-0.15, -0.1) is 0 Å². The van der Waals surface area contributed by atoms with Gasteiger partial charge >= 0.3 is 0 Å². The molecule has 8 aromatic rings. The molecule has 0 unspecified atom stereocenters. The minimum atomic E-state index is 0.138. The van der Waals surface area contributed by atoms with Gasteiger partial charge in [0.05, 0.1) is 24.7 Å². The van der Waals surface area contributed by atoms with Crippen LogP contribution in [0.4, 0.5) is 0 Å². The molecule has 0 aliphatic carbocycles. The summed E-state index contributed by atoms with van der Waals surface area (Å²) in [6.45, 7) is 0. The van der Waals surface area contributed by atoms with Gasteiger partial charge in [0.25, 0.3) is 0 Å². The molecule has 4 heteroatoms. The molecule has 6 aromatic carbocycles. The standard InChI is InChI=1S/2C22H18N2/c2*1-3-7-18(8-4-1)19-11-13-21(14-12-19)22(24-16-15-23-17-24)20-9-5-2-6-10-20/h2*1-17,22H/t2*22-/m10/s1. The van der Waals surface area contributed by atoms with E-state index in [4.69, 9.17) is 0 Å². The number of hydrogen-bond donors (Lipinski definition) is 0. The lowest BCUT2D eigenvalue weighted by atomic mass is 9.96. The van der Waals surface area contributed by atoms with Gasteiger partial charge in [0, 0.05) is 24.8 Å². The van der Waals surface area contributed by atoms with Crippen molar-refractivity contribution in [1.29, 1.82) is 0 Å². The van der Waals surface area contributed by atoms with Gasteiger partial charge in [0.1, 0.15) is 0 Å². The van der Waals surface area contributed by atoms with Crippen LogP contribution in [-0.2, 0) is 0 Å². The van der Waals surface area contributed by atoms with Gasteiger partial charge in [-0.3, -0.25) is 0 Å². The zero-order chi connectivity index (χ0) is 32.4. The summed E-state index contributed by atoms with van der Waals surface area (Å²) in [7, 11) is 0.